The van der Waals surface area contributed by atoms with Gasteiger partial charge in [0.05, 0.1) is 5.69 Å². The zero-order valence-corrected chi connectivity index (χ0v) is 10.7. The molecule has 0 saturated carbocycles. The molecule has 2 N–H and O–H groups in total. The number of rotatable bonds is 3. The predicted molar refractivity (Wildman–Crippen MR) is 73.6 cm³/mol. The molecule has 0 unspecified atom stereocenters. The zero-order valence-electron chi connectivity index (χ0n) is 10.7. The largest absolute Gasteiger partial charge is 0.307 e. The van der Waals surface area contributed by atoms with Crippen LogP contribution < -0.4 is 5.73 Å². The quantitative estimate of drug-likeness (QED) is 0.503. The molecule has 0 aliphatic heterocycles. The zero-order chi connectivity index (χ0) is 13.0. The molecule has 0 spiro atoms. The van der Waals surface area contributed by atoms with E-state index in [2.05, 4.69) is 10.2 Å². The van der Waals surface area contributed by atoms with Crippen molar-refractivity contribution >= 4 is 5.69 Å². The Bertz CT molecular complexity index is 460. The molecule has 1 aromatic rings. The number of likely N-dealkylation sites (N-methyl/N-ethyl adjacent to an activating group) is 1. The molecule has 1 aromatic carbocycles. The van der Waals surface area contributed by atoms with Crippen molar-refractivity contribution in [2.45, 2.75) is 11.7 Å². The molecule has 94 valence electrons. The van der Waals surface area contributed by atoms with Crippen LogP contribution in [0.25, 0.3) is 0 Å². The lowest BCUT2D eigenvalue weighted by Crippen LogP contribution is -2.50. The Kier molecular flexibility index (Phi) is 3.69. The van der Waals surface area contributed by atoms with Gasteiger partial charge in [0, 0.05) is 0 Å². The van der Waals surface area contributed by atoms with Crippen molar-refractivity contribution in [3.05, 3.63) is 54.6 Å². The van der Waals surface area contributed by atoms with E-state index < -0.39 is 5.66 Å². The maximum atomic E-state index is 6.15. The first kappa shape index (κ1) is 12.7. The van der Waals surface area contributed by atoms with E-state index in [1.807, 2.05) is 73.6 Å². The molecule has 4 heteroatoms. The standard InChI is InChI=1S/C14H18N4/c1-18(2)14(15)10-8-13(9-11-14)17-16-12-6-4-3-5-7-12/h3-11,13H,15H2,1-2H3/b17-16+. The van der Waals surface area contributed by atoms with Crippen LogP contribution in [0.15, 0.2) is 64.9 Å². The van der Waals surface area contributed by atoms with E-state index in [1.165, 1.54) is 0 Å². The second-order valence-corrected chi connectivity index (χ2v) is 4.54. The van der Waals surface area contributed by atoms with E-state index in [1.54, 1.807) is 0 Å². The fourth-order valence-electron chi connectivity index (χ4n) is 1.63. The van der Waals surface area contributed by atoms with Crippen LogP contribution in [0.5, 0.6) is 0 Å². The van der Waals surface area contributed by atoms with Crippen molar-refractivity contribution in [2.24, 2.45) is 16.0 Å². The summed E-state index contributed by atoms with van der Waals surface area (Å²) in [4.78, 5) is 1.95. The molecule has 4 nitrogen and oxygen atoms in total. The maximum absolute atomic E-state index is 6.15. The third-order valence-electron chi connectivity index (χ3n) is 2.96. The van der Waals surface area contributed by atoms with Crippen LogP contribution >= 0.6 is 0 Å². The second kappa shape index (κ2) is 5.25. The Balaban J connectivity index is 2.03. The molecule has 2 rings (SSSR count). The van der Waals surface area contributed by atoms with E-state index >= 15 is 0 Å². The summed E-state index contributed by atoms with van der Waals surface area (Å²) in [6, 6.07) is 9.65. The van der Waals surface area contributed by atoms with Crippen LogP contribution in [0.3, 0.4) is 0 Å². The Hall–Kier alpha value is -1.78. The van der Waals surface area contributed by atoms with Crippen molar-refractivity contribution in [3.8, 4) is 0 Å². The minimum Gasteiger partial charge on any atom is -0.307 e. The average Bonchev–Trinajstić information content (AvgIpc) is 2.39. The van der Waals surface area contributed by atoms with Crippen molar-refractivity contribution in [1.82, 2.24) is 4.90 Å². The Labute approximate surface area is 108 Å². The summed E-state index contributed by atoms with van der Waals surface area (Å²) in [6.07, 6.45) is 7.82. The summed E-state index contributed by atoms with van der Waals surface area (Å²) in [5.41, 5.74) is 6.49. The average molecular weight is 242 g/mol. The van der Waals surface area contributed by atoms with E-state index in [4.69, 9.17) is 5.73 Å². The van der Waals surface area contributed by atoms with Gasteiger partial charge >= 0.3 is 0 Å². The van der Waals surface area contributed by atoms with Gasteiger partial charge < -0.3 is 5.73 Å². The molecule has 0 amide bonds. The lowest BCUT2D eigenvalue weighted by Gasteiger charge is -2.32. The second-order valence-electron chi connectivity index (χ2n) is 4.54. The van der Waals surface area contributed by atoms with Crippen LogP contribution in [0, 0.1) is 0 Å². The van der Waals surface area contributed by atoms with Gasteiger partial charge in [-0.3, -0.25) is 4.90 Å². The van der Waals surface area contributed by atoms with Gasteiger partial charge in [-0.25, -0.2) is 0 Å². The normalized spacial score (nSPS) is 27.2. The van der Waals surface area contributed by atoms with Gasteiger partial charge in [0.2, 0.25) is 0 Å². The lowest BCUT2D eigenvalue weighted by atomic mass is 10.0. The Morgan fingerprint density at radius 3 is 2.28 bits per heavy atom. The first-order valence-corrected chi connectivity index (χ1v) is 5.91. The van der Waals surface area contributed by atoms with Crippen LogP contribution in [0.4, 0.5) is 5.69 Å². The molecule has 0 saturated heterocycles. The highest BCUT2D eigenvalue weighted by molar-refractivity contribution is 5.35. The summed E-state index contributed by atoms with van der Waals surface area (Å²) < 4.78 is 0. The highest BCUT2D eigenvalue weighted by Crippen LogP contribution is 2.18. The molecule has 0 bridgehead atoms. The van der Waals surface area contributed by atoms with Gasteiger partial charge in [-0.15, -0.1) is 0 Å². The smallest absolute Gasteiger partial charge is 0.108 e. The Morgan fingerprint density at radius 2 is 1.72 bits per heavy atom. The number of benzene rings is 1. The van der Waals surface area contributed by atoms with Crippen molar-refractivity contribution in [2.75, 3.05) is 14.1 Å². The van der Waals surface area contributed by atoms with Gasteiger partial charge in [0.1, 0.15) is 11.7 Å². The first-order chi connectivity index (χ1) is 8.60. The van der Waals surface area contributed by atoms with Crippen molar-refractivity contribution in [3.63, 3.8) is 0 Å². The number of nitrogens with two attached hydrogens (primary N) is 1. The van der Waals surface area contributed by atoms with Crippen molar-refractivity contribution in [1.29, 1.82) is 0 Å². The molecule has 0 aromatic heterocycles. The SMILES string of the molecule is CN(C)C1(N)C=CC(/N=N/c2ccccc2)C=C1. The van der Waals surface area contributed by atoms with Gasteiger partial charge in [-0.05, 0) is 38.4 Å². The molecule has 0 atom stereocenters. The minimum absolute atomic E-state index is 0.0400. The Morgan fingerprint density at radius 1 is 1.11 bits per heavy atom. The number of hydrogen-bond donors (Lipinski definition) is 1. The van der Waals surface area contributed by atoms with E-state index in [9.17, 15) is 0 Å². The number of nitrogens with zero attached hydrogens (tertiary/aromatic N) is 3. The van der Waals surface area contributed by atoms with E-state index in [0.29, 0.717) is 0 Å². The molecule has 0 fully saturated rings. The highest BCUT2D eigenvalue weighted by atomic mass is 15.2. The third kappa shape index (κ3) is 2.91. The van der Waals surface area contributed by atoms with Crippen LogP contribution in [0.1, 0.15) is 0 Å². The van der Waals surface area contributed by atoms with Gasteiger partial charge in [-0.1, -0.05) is 30.4 Å². The van der Waals surface area contributed by atoms with Gasteiger partial charge in [-0.2, -0.15) is 10.2 Å². The molecular weight excluding hydrogens is 224 g/mol. The minimum atomic E-state index is -0.515. The molecule has 1 aliphatic carbocycles. The summed E-state index contributed by atoms with van der Waals surface area (Å²) in [5, 5.41) is 8.45. The summed E-state index contributed by atoms with van der Waals surface area (Å²) in [6.45, 7) is 0. The van der Waals surface area contributed by atoms with Crippen LogP contribution in [0.2, 0.25) is 0 Å². The molecule has 0 heterocycles. The summed E-state index contributed by atoms with van der Waals surface area (Å²) in [5.74, 6) is 0. The predicted octanol–water partition coefficient (Wildman–Crippen LogP) is 2.48. The lowest BCUT2D eigenvalue weighted by molar-refractivity contribution is 0.267. The van der Waals surface area contributed by atoms with Crippen LogP contribution in [-0.4, -0.2) is 30.7 Å². The molecule has 18 heavy (non-hydrogen) atoms. The highest BCUT2D eigenvalue weighted by Gasteiger charge is 2.23. The van der Waals surface area contributed by atoms with Crippen LogP contribution in [-0.2, 0) is 0 Å². The summed E-state index contributed by atoms with van der Waals surface area (Å²) in [7, 11) is 3.89. The van der Waals surface area contributed by atoms with Gasteiger partial charge in [0.25, 0.3) is 0 Å². The molecular formula is C14H18N4. The van der Waals surface area contributed by atoms with E-state index in [0.717, 1.165) is 5.69 Å². The topological polar surface area (TPSA) is 54.0 Å². The monoisotopic (exact) mass is 242 g/mol. The first-order valence-electron chi connectivity index (χ1n) is 5.91. The fourth-order valence-corrected chi connectivity index (χ4v) is 1.63. The molecule has 0 radical (unpaired) electrons. The van der Waals surface area contributed by atoms with E-state index in [-0.39, 0.29) is 6.04 Å². The third-order valence-corrected chi connectivity index (χ3v) is 2.96. The van der Waals surface area contributed by atoms with Crippen molar-refractivity contribution < 1.29 is 0 Å². The number of azo groups is 1. The fraction of sp³-hybridized carbons (Fsp3) is 0.286. The maximum Gasteiger partial charge on any atom is 0.108 e. The number of hydrogen-bond acceptors (Lipinski definition) is 4. The van der Waals surface area contributed by atoms with Gasteiger partial charge in [0.15, 0.2) is 0 Å². The summed E-state index contributed by atoms with van der Waals surface area (Å²) >= 11 is 0. The molecule has 1 aliphatic rings.